The van der Waals surface area contributed by atoms with Crippen molar-refractivity contribution >= 4 is 11.9 Å². The van der Waals surface area contributed by atoms with Crippen LogP contribution in [0.5, 0.6) is 0 Å². The maximum atomic E-state index is 12.5. The molecule has 1 amide bonds. The van der Waals surface area contributed by atoms with Crippen molar-refractivity contribution in [1.29, 1.82) is 0 Å². The molecule has 2 rings (SSSR count). The van der Waals surface area contributed by atoms with Gasteiger partial charge in [-0.1, -0.05) is 0 Å². The summed E-state index contributed by atoms with van der Waals surface area (Å²) >= 11 is 0. The van der Waals surface area contributed by atoms with Gasteiger partial charge in [-0.25, -0.2) is 4.79 Å². The summed E-state index contributed by atoms with van der Waals surface area (Å²) in [5.41, 5.74) is -1.03. The molecule has 20 heavy (non-hydrogen) atoms. The van der Waals surface area contributed by atoms with Crippen molar-refractivity contribution in [2.45, 2.75) is 38.1 Å². The smallest absolute Gasteiger partial charge is 0.329 e. The minimum atomic E-state index is -1.03. The van der Waals surface area contributed by atoms with Crippen LogP contribution in [0.1, 0.15) is 32.6 Å². The van der Waals surface area contributed by atoms with E-state index in [0.29, 0.717) is 19.5 Å². The average molecular weight is 283 g/mol. The first kappa shape index (κ1) is 15.3. The van der Waals surface area contributed by atoms with Gasteiger partial charge < -0.3 is 15.3 Å². The third kappa shape index (κ3) is 3.30. The fraction of sp³-hybridized carbons (Fsp3) is 0.857. The van der Waals surface area contributed by atoms with E-state index in [4.69, 9.17) is 0 Å². The molecule has 2 saturated heterocycles. The molecule has 1 atom stereocenters. The molecule has 2 fully saturated rings. The largest absolute Gasteiger partial charge is 0.480 e. The van der Waals surface area contributed by atoms with Gasteiger partial charge in [0.2, 0.25) is 5.91 Å². The molecule has 0 radical (unpaired) electrons. The average Bonchev–Trinajstić information content (AvgIpc) is 2.67. The lowest BCUT2D eigenvalue weighted by Gasteiger charge is -2.42. The molecule has 0 aromatic heterocycles. The Morgan fingerprint density at radius 3 is 2.70 bits per heavy atom. The highest BCUT2D eigenvalue weighted by atomic mass is 16.4. The summed E-state index contributed by atoms with van der Waals surface area (Å²) in [4.78, 5) is 27.7. The van der Waals surface area contributed by atoms with Crippen LogP contribution >= 0.6 is 0 Å². The van der Waals surface area contributed by atoms with Crippen LogP contribution in [0, 0.1) is 0 Å². The number of nitrogens with zero attached hydrogens (tertiary/aromatic N) is 2. The number of piperidine rings is 1. The number of carbonyl (C=O) groups excluding carboxylic acids is 1. The molecule has 114 valence electrons. The Balaban J connectivity index is 2.00. The molecular formula is C14H25N3O3. The summed E-state index contributed by atoms with van der Waals surface area (Å²) in [5.74, 6) is -0.931. The standard InChI is InChI=1S/C14H25N3O3/c1-14(13(19)20)5-2-3-9-17(14)12(18)11-16-8-4-6-15-7-10-16/h15H,2-11H2,1H3,(H,19,20). The van der Waals surface area contributed by atoms with Crippen LogP contribution in [0.4, 0.5) is 0 Å². The van der Waals surface area contributed by atoms with Crippen LogP contribution in [-0.2, 0) is 9.59 Å². The second kappa shape index (κ2) is 6.54. The van der Waals surface area contributed by atoms with Crippen molar-refractivity contribution in [2.75, 3.05) is 39.3 Å². The van der Waals surface area contributed by atoms with E-state index in [9.17, 15) is 14.7 Å². The van der Waals surface area contributed by atoms with E-state index in [2.05, 4.69) is 10.2 Å². The zero-order valence-corrected chi connectivity index (χ0v) is 12.2. The molecule has 0 aromatic carbocycles. The predicted octanol–water partition coefficient (Wildman–Crippen LogP) is 0.138. The minimum absolute atomic E-state index is 0.0449. The van der Waals surface area contributed by atoms with E-state index in [1.165, 1.54) is 0 Å². The van der Waals surface area contributed by atoms with Crippen molar-refractivity contribution in [3.63, 3.8) is 0 Å². The molecule has 0 saturated carbocycles. The maximum Gasteiger partial charge on any atom is 0.329 e. The molecule has 2 aliphatic heterocycles. The Labute approximate surface area is 120 Å². The van der Waals surface area contributed by atoms with Gasteiger partial charge in [0.25, 0.3) is 0 Å². The summed E-state index contributed by atoms with van der Waals surface area (Å²) < 4.78 is 0. The van der Waals surface area contributed by atoms with Gasteiger partial charge in [-0.3, -0.25) is 9.69 Å². The van der Waals surface area contributed by atoms with Gasteiger partial charge in [0, 0.05) is 19.6 Å². The van der Waals surface area contributed by atoms with E-state index in [0.717, 1.165) is 45.4 Å². The number of hydrogen-bond acceptors (Lipinski definition) is 4. The summed E-state index contributed by atoms with van der Waals surface area (Å²) in [5, 5.41) is 12.8. The number of carboxylic acid groups (broad SMARTS) is 1. The molecule has 0 aromatic rings. The lowest BCUT2D eigenvalue weighted by Crippen LogP contribution is -2.59. The Bertz CT molecular complexity index is 367. The summed E-state index contributed by atoms with van der Waals surface area (Å²) in [6.45, 7) is 6.21. The van der Waals surface area contributed by atoms with Crippen LogP contribution in [-0.4, -0.2) is 71.6 Å². The van der Waals surface area contributed by atoms with Crippen molar-refractivity contribution in [3.05, 3.63) is 0 Å². The highest BCUT2D eigenvalue weighted by molar-refractivity contribution is 5.87. The second-order valence-electron chi connectivity index (χ2n) is 5.96. The number of hydrogen-bond donors (Lipinski definition) is 2. The zero-order chi connectivity index (χ0) is 14.6. The van der Waals surface area contributed by atoms with Gasteiger partial charge in [0.05, 0.1) is 6.54 Å². The van der Waals surface area contributed by atoms with Gasteiger partial charge in [0.1, 0.15) is 5.54 Å². The highest BCUT2D eigenvalue weighted by Gasteiger charge is 2.43. The third-order valence-electron chi connectivity index (χ3n) is 4.44. The topological polar surface area (TPSA) is 72.9 Å². The predicted molar refractivity (Wildman–Crippen MR) is 75.5 cm³/mol. The van der Waals surface area contributed by atoms with E-state index >= 15 is 0 Å². The molecule has 2 heterocycles. The SMILES string of the molecule is CC1(C(=O)O)CCCCN1C(=O)CN1CCCNCC1. The summed E-state index contributed by atoms with van der Waals surface area (Å²) in [6, 6.07) is 0. The quantitative estimate of drug-likeness (QED) is 0.771. The molecule has 0 aliphatic carbocycles. The monoisotopic (exact) mass is 283 g/mol. The molecule has 6 nitrogen and oxygen atoms in total. The lowest BCUT2D eigenvalue weighted by molar-refractivity contribution is -0.161. The van der Waals surface area contributed by atoms with Crippen molar-refractivity contribution < 1.29 is 14.7 Å². The molecule has 6 heteroatoms. The van der Waals surface area contributed by atoms with Crippen LogP contribution in [0.15, 0.2) is 0 Å². The number of aliphatic carboxylic acids is 1. The van der Waals surface area contributed by atoms with E-state index < -0.39 is 11.5 Å². The molecule has 0 spiro atoms. The highest BCUT2D eigenvalue weighted by Crippen LogP contribution is 2.28. The fourth-order valence-electron chi connectivity index (χ4n) is 3.08. The first-order chi connectivity index (χ1) is 9.54. The molecular weight excluding hydrogens is 258 g/mol. The Morgan fingerprint density at radius 2 is 1.95 bits per heavy atom. The van der Waals surface area contributed by atoms with Crippen LogP contribution in [0.3, 0.4) is 0 Å². The molecule has 2 aliphatic rings. The minimum Gasteiger partial charge on any atom is -0.480 e. The van der Waals surface area contributed by atoms with Crippen LogP contribution in [0.25, 0.3) is 0 Å². The van der Waals surface area contributed by atoms with E-state index in [1.807, 2.05) is 0 Å². The number of nitrogens with one attached hydrogen (secondary N) is 1. The molecule has 0 bridgehead atoms. The maximum absolute atomic E-state index is 12.5. The first-order valence-corrected chi connectivity index (χ1v) is 7.51. The van der Waals surface area contributed by atoms with Crippen molar-refractivity contribution in [2.24, 2.45) is 0 Å². The van der Waals surface area contributed by atoms with Crippen LogP contribution < -0.4 is 5.32 Å². The van der Waals surface area contributed by atoms with Crippen molar-refractivity contribution in [1.82, 2.24) is 15.1 Å². The zero-order valence-electron chi connectivity index (χ0n) is 12.2. The number of rotatable bonds is 3. The summed E-state index contributed by atoms with van der Waals surface area (Å²) in [6.07, 6.45) is 3.36. The first-order valence-electron chi connectivity index (χ1n) is 7.51. The molecule has 1 unspecified atom stereocenters. The van der Waals surface area contributed by atoms with Gasteiger partial charge in [-0.15, -0.1) is 0 Å². The second-order valence-corrected chi connectivity index (χ2v) is 5.96. The summed E-state index contributed by atoms with van der Waals surface area (Å²) in [7, 11) is 0. The van der Waals surface area contributed by atoms with Gasteiger partial charge >= 0.3 is 5.97 Å². The number of amides is 1. The van der Waals surface area contributed by atoms with Crippen molar-refractivity contribution in [3.8, 4) is 0 Å². The number of likely N-dealkylation sites (tertiary alicyclic amines) is 1. The number of carbonyl (C=O) groups is 2. The lowest BCUT2D eigenvalue weighted by atomic mass is 9.88. The van der Waals surface area contributed by atoms with E-state index in [-0.39, 0.29) is 5.91 Å². The number of carboxylic acids is 1. The Morgan fingerprint density at radius 1 is 1.15 bits per heavy atom. The molecule has 2 N–H and O–H groups in total. The van der Waals surface area contributed by atoms with Gasteiger partial charge in [-0.05, 0) is 45.7 Å². The van der Waals surface area contributed by atoms with Gasteiger partial charge in [0.15, 0.2) is 0 Å². The normalized spacial score (nSPS) is 28.9. The third-order valence-corrected chi connectivity index (χ3v) is 4.44. The van der Waals surface area contributed by atoms with E-state index in [1.54, 1.807) is 11.8 Å². The fourth-order valence-corrected chi connectivity index (χ4v) is 3.08. The van der Waals surface area contributed by atoms with Crippen LogP contribution in [0.2, 0.25) is 0 Å². The Kier molecular flexibility index (Phi) is 4.99. The Hall–Kier alpha value is -1.14. The van der Waals surface area contributed by atoms with Gasteiger partial charge in [-0.2, -0.15) is 0 Å².